The Hall–Kier alpha value is -2.73. The van der Waals surface area contributed by atoms with Gasteiger partial charge >= 0.3 is 0 Å². The fraction of sp³-hybridized carbons (Fsp3) is 0.435. The quantitative estimate of drug-likeness (QED) is 0.708. The summed E-state index contributed by atoms with van der Waals surface area (Å²) < 4.78 is 1.81. The molecule has 0 atom stereocenters. The minimum atomic E-state index is -0.649. The number of hydrogen-bond donors (Lipinski definition) is 2. The van der Waals surface area contributed by atoms with Crippen LogP contribution in [0.4, 0.5) is 0 Å². The predicted molar refractivity (Wildman–Crippen MR) is 113 cm³/mol. The van der Waals surface area contributed by atoms with Crippen LogP contribution >= 0.6 is 0 Å². The first-order chi connectivity index (χ1) is 13.8. The van der Waals surface area contributed by atoms with Crippen molar-refractivity contribution in [1.29, 1.82) is 0 Å². The van der Waals surface area contributed by atoms with E-state index in [0.717, 1.165) is 42.3 Å². The topological polar surface area (TPSA) is 80.0 Å². The molecule has 1 saturated carbocycles. The molecule has 6 heteroatoms. The highest BCUT2D eigenvalue weighted by Crippen LogP contribution is 2.32. The van der Waals surface area contributed by atoms with Crippen molar-refractivity contribution < 1.29 is 9.90 Å². The molecule has 3 aromatic rings. The Morgan fingerprint density at radius 2 is 1.86 bits per heavy atom. The van der Waals surface area contributed by atoms with Crippen molar-refractivity contribution in [2.45, 2.75) is 58.1 Å². The number of para-hydroxylation sites is 1. The summed E-state index contributed by atoms with van der Waals surface area (Å²) in [7, 11) is 0. The van der Waals surface area contributed by atoms with Crippen molar-refractivity contribution in [3.05, 3.63) is 53.9 Å². The first-order valence-corrected chi connectivity index (χ1v) is 10.3. The van der Waals surface area contributed by atoms with E-state index in [2.05, 4.69) is 15.4 Å². The van der Waals surface area contributed by atoms with Crippen LogP contribution in [0.1, 0.15) is 55.6 Å². The van der Waals surface area contributed by atoms with Gasteiger partial charge in [0.2, 0.25) is 0 Å². The zero-order valence-electron chi connectivity index (χ0n) is 17.2. The Labute approximate surface area is 171 Å². The van der Waals surface area contributed by atoms with Gasteiger partial charge in [-0.1, -0.05) is 18.2 Å². The van der Waals surface area contributed by atoms with E-state index in [-0.39, 0.29) is 11.9 Å². The number of carbonyl (C=O) groups excluding carboxylic acids is 1. The molecule has 0 radical (unpaired) electrons. The van der Waals surface area contributed by atoms with Crippen molar-refractivity contribution in [3.8, 4) is 5.82 Å². The summed E-state index contributed by atoms with van der Waals surface area (Å²) >= 11 is 0. The molecule has 2 heterocycles. The number of aryl methyl sites for hydroxylation is 1. The van der Waals surface area contributed by atoms with Gasteiger partial charge in [0.25, 0.3) is 5.91 Å². The van der Waals surface area contributed by atoms with Crippen molar-refractivity contribution >= 4 is 16.8 Å². The maximum absolute atomic E-state index is 12.6. The second-order valence-electron chi connectivity index (χ2n) is 8.60. The van der Waals surface area contributed by atoms with E-state index in [1.54, 1.807) is 12.3 Å². The zero-order valence-corrected chi connectivity index (χ0v) is 17.2. The van der Waals surface area contributed by atoms with Crippen LogP contribution < -0.4 is 5.32 Å². The molecule has 0 spiro atoms. The molecule has 1 fully saturated rings. The summed E-state index contributed by atoms with van der Waals surface area (Å²) in [5, 5.41) is 19.0. The number of aromatic nitrogens is 3. The van der Waals surface area contributed by atoms with Crippen molar-refractivity contribution in [1.82, 2.24) is 20.1 Å². The van der Waals surface area contributed by atoms with Crippen LogP contribution in [0.3, 0.4) is 0 Å². The third-order valence-corrected chi connectivity index (χ3v) is 6.06. The lowest BCUT2D eigenvalue weighted by atomic mass is 9.77. The summed E-state index contributed by atoms with van der Waals surface area (Å²) in [6.45, 7) is 5.72. The first kappa shape index (κ1) is 19.6. The summed E-state index contributed by atoms with van der Waals surface area (Å²) in [4.78, 5) is 17.1. The summed E-state index contributed by atoms with van der Waals surface area (Å²) in [5.74, 6) is 0.887. The zero-order chi connectivity index (χ0) is 20.6. The molecule has 0 aliphatic heterocycles. The van der Waals surface area contributed by atoms with Crippen molar-refractivity contribution in [2.24, 2.45) is 5.92 Å². The van der Waals surface area contributed by atoms with Gasteiger partial charge in [-0.25, -0.2) is 9.67 Å². The lowest BCUT2D eigenvalue weighted by Crippen LogP contribution is -2.41. The van der Waals surface area contributed by atoms with E-state index in [9.17, 15) is 9.90 Å². The lowest BCUT2D eigenvalue weighted by molar-refractivity contribution is -0.00257. The molecule has 2 N–H and O–H groups in total. The van der Waals surface area contributed by atoms with Gasteiger partial charge in [-0.3, -0.25) is 4.79 Å². The van der Waals surface area contributed by atoms with Crippen LogP contribution in [0.5, 0.6) is 0 Å². The average Bonchev–Trinajstić information content (AvgIpc) is 3.05. The SMILES string of the molecule is Cc1nn(-c2ccc(C(=O)NC3CCC(C(C)(C)O)CC3)cn2)c2ccccc12. The third-order valence-electron chi connectivity index (χ3n) is 6.06. The van der Waals surface area contributed by atoms with E-state index >= 15 is 0 Å². The van der Waals surface area contributed by atoms with Crippen LogP contribution in [0.15, 0.2) is 42.6 Å². The highest BCUT2D eigenvalue weighted by atomic mass is 16.3. The molecule has 29 heavy (non-hydrogen) atoms. The highest BCUT2D eigenvalue weighted by molar-refractivity contribution is 5.94. The Bertz CT molecular complexity index is 1010. The van der Waals surface area contributed by atoms with E-state index in [0.29, 0.717) is 17.3 Å². The molecule has 1 amide bonds. The van der Waals surface area contributed by atoms with Gasteiger partial charge in [-0.15, -0.1) is 0 Å². The van der Waals surface area contributed by atoms with Gasteiger partial charge in [-0.05, 0) is 70.6 Å². The number of aliphatic hydroxyl groups is 1. The van der Waals surface area contributed by atoms with E-state index in [1.807, 2.05) is 55.8 Å². The smallest absolute Gasteiger partial charge is 0.253 e. The number of nitrogens with zero attached hydrogens (tertiary/aromatic N) is 3. The molecule has 2 aromatic heterocycles. The van der Waals surface area contributed by atoms with E-state index in [1.165, 1.54) is 0 Å². The number of nitrogens with one attached hydrogen (secondary N) is 1. The van der Waals surface area contributed by atoms with Crippen LogP contribution in [0.25, 0.3) is 16.7 Å². The number of rotatable bonds is 4. The fourth-order valence-electron chi connectivity index (χ4n) is 4.26. The molecule has 0 saturated heterocycles. The van der Waals surface area contributed by atoms with Gasteiger partial charge in [-0.2, -0.15) is 5.10 Å². The molecular formula is C23H28N4O2. The van der Waals surface area contributed by atoms with Gasteiger partial charge in [0.15, 0.2) is 5.82 Å². The Balaban J connectivity index is 1.44. The van der Waals surface area contributed by atoms with Gasteiger partial charge in [0.05, 0.1) is 22.4 Å². The molecule has 1 aliphatic carbocycles. The van der Waals surface area contributed by atoms with Crippen LogP contribution in [-0.2, 0) is 0 Å². The molecule has 152 valence electrons. The molecule has 1 aliphatic rings. The molecule has 0 bridgehead atoms. The normalized spacial score (nSPS) is 20.0. The molecule has 4 rings (SSSR count). The van der Waals surface area contributed by atoms with Crippen molar-refractivity contribution in [2.75, 3.05) is 0 Å². The van der Waals surface area contributed by atoms with E-state index in [4.69, 9.17) is 0 Å². The van der Waals surface area contributed by atoms with Gasteiger partial charge in [0, 0.05) is 17.6 Å². The maximum Gasteiger partial charge on any atom is 0.253 e. The van der Waals surface area contributed by atoms with Gasteiger partial charge in [0.1, 0.15) is 0 Å². The number of carbonyl (C=O) groups is 1. The largest absolute Gasteiger partial charge is 0.390 e. The molecule has 6 nitrogen and oxygen atoms in total. The first-order valence-electron chi connectivity index (χ1n) is 10.3. The van der Waals surface area contributed by atoms with Crippen molar-refractivity contribution in [3.63, 3.8) is 0 Å². The number of amides is 1. The average molecular weight is 393 g/mol. The number of pyridine rings is 1. The Kier molecular flexibility index (Phi) is 5.13. The minimum absolute atomic E-state index is 0.0998. The maximum atomic E-state index is 12.6. The Morgan fingerprint density at radius 3 is 2.52 bits per heavy atom. The molecular weight excluding hydrogens is 364 g/mol. The second kappa shape index (κ2) is 7.59. The van der Waals surface area contributed by atoms with Gasteiger partial charge < -0.3 is 10.4 Å². The number of benzene rings is 1. The van der Waals surface area contributed by atoms with Crippen LogP contribution in [-0.4, -0.2) is 37.4 Å². The lowest BCUT2D eigenvalue weighted by Gasteiger charge is -2.36. The Morgan fingerprint density at radius 1 is 1.14 bits per heavy atom. The summed E-state index contributed by atoms with van der Waals surface area (Å²) in [5.41, 5.74) is 1.85. The predicted octanol–water partition coefficient (Wildman–Crippen LogP) is 3.79. The van der Waals surface area contributed by atoms with E-state index < -0.39 is 5.60 Å². The van der Waals surface area contributed by atoms with Crippen LogP contribution in [0, 0.1) is 12.8 Å². The standard InChI is InChI=1S/C23H28N4O2/c1-15-19-6-4-5-7-20(19)27(26-15)21-13-8-16(14-24-21)22(28)25-18-11-9-17(10-12-18)23(2,3)29/h4-8,13-14,17-18,29H,9-12H2,1-3H3,(H,25,28). The summed E-state index contributed by atoms with van der Waals surface area (Å²) in [6, 6.07) is 11.8. The third kappa shape index (κ3) is 4.03. The second-order valence-corrected chi connectivity index (χ2v) is 8.60. The minimum Gasteiger partial charge on any atom is -0.390 e. The fourth-order valence-corrected chi connectivity index (χ4v) is 4.26. The monoisotopic (exact) mass is 392 g/mol. The molecule has 1 aromatic carbocycles. The summed E-state index contributed by atoms with van der Waals surface area (Å²) in [6.07, 6.45) is 5.25. The number of fused-ring (bicyclic) bond motifs is 1. The highest BCUT2D eigenvalue weighted by Gasteiger charge is 2.31. The number of hydrogen-bond acceptors (Lipinski definition) is 4. The van der Waals surface area contributed by atoms with Crippen LogP contribution in [0.2, 0.25) is 0 Å². The molecule has 0 unspecified atom stereocenters.